The summed E-state index contributed by atoms with van der Waals surface area (Å²) in [5, 5.41) is 0. The van der Waals surface area contributed by atoms with Crippen molar-refractivity contribution in [2.24, 2.45) is 4.99 Å². The average molecular weight is 748 g/mol. The fraction of sp³-hybridized carbons (Fsp3) is 0.138. The Morgan fingerprint density at radius 3 is 2.42 bits per heavy atom. The minimum absolute atomic E-state index is 0.210. The second kappa shape index (κ2) is 11.5. The van der Waals surface area contributed by atoms with Crippen LogP contribution in [0.3, 0.4) is 0 Å². The first kappa shape index (κ1) is 26.8. The van der Waals surface area contributed by atoms with Crippen LogP contribution in [0.1, 0.15) is 29.7 Å². The largest absolute Gasteiger partial charge is 0.495 e. The summed E-state index contributed by atoms with van der Waals surface area (Å²) in [6, 6.07) is 22.4. The Balaban J connectivity index is 1.84. The zero-order valence-corrected chi connectivity index (χ0v) is 25.6. The molecule has 0 N–H and O–H groups in total. The molecule has 3 aromatic carbocycles. The Kier molecular flexibility index (Phi) is 8.15. The summed E-state index contributed by atoms with van der Waals surface area (Å²) < 4.78 is 15.2. The minimum Gasteiger partial charge on any atom is -0.495 e. The highest BCUT2D eigenvalue weighted by atomic mass is 127. The Morgan fingerprint density at radius 1 is 1.08 bits per heavy atom. The highest BCUT2D eigenvalue weighted by molar-refractivity contribution is 14.1. The van der Waals surface area contributed by atoms with E-state index in [1.165, 1.54) is 11.3 Å². The van der Waals surface area contributed by atoms with Gasteiger partial charge in [-0.05, 0) is 75.9 Å². The normalized spacial score (nSPS) is 15.2. The van der Waals surface area contributed by atoms with E-state index in [-0.39, 0.29) is 12.2 Å². The molecule has 9 heteroatoms. The Morgan fingerprint density at radius 2 is 1.76 bits per heavy atom. The maximum atomic E-state index is 14.0. The van der Waals surface area contributed by atoms with Crippen LogP contribution in [0, 0.1) is 7.14 Å². The molecule has 1 aliphatic rings. The third-order valence-electron chi connectivity index (χ3n) is 6.02. The molecule has 0 bridgehead atoms. The minimum atomic E-state index is -0.693. The van der Waals surface area contributed by atoms with Crippen molar-refractivity contribution >= 4 is 74.3 Å². The third-order valence-corrected chi connectivity index (χ3v) is 8.42. The predicted octanol–water partition coefficient (Wildman–Crippen LogP) is 5.15. The van der Waals surface area contributed by atoms with Gasteiger partial charge in [0.2, 0.25) is 0 Å². The second-order valence-corrected chi connectivity index (χ2v) is 11.8. The number of rotatable bonds is 6. The number of nitrogens with zero attached hydrogens (tertiary/aromatic N) is 2. The quantitative estimate of drug-likeness (QED) is 0.202. The van der Waals surface area contributed by atoms with E-state index in [1.807, 2.05) is 78.9 Å². The van der Waals surface area contributed by atoms with E-state index < -0.39 is 12.0 Å². The zero-order chi connectivity index (χ0) is 26.8. The molecular weight excluding hydrogens is 726 g/mol. The molecule has 0 fully saturated rings. The number of fused-ring (bicyclic) bond motifs is 1. The van der Waals surface area contributed by atoms with Gasteiger partial charge in [-0.25, -0.2) is 9.79 Å². The van der Waals surface area contributed by atoms with Crippen LogP contribution in [0.2, 0.25) is 0 Å². The van der Waals surface area contributed by atoms with Crippen molar-refractivity contribution in [1.29, 1.82) is 0 Å². The lowest BCUT2D eigenvalue weighted by Gasteiger charge is -2.25. The first-order valence-corrected chi connectivity index (χ1v) is 14.8. The van der Waals surface area contributed by atoms with Gasteiger partial charge in [-0.15, -0.1) is 0 Å². The van der Waals surface area contributed by atoms with Gasteiger partial charge in [0.1, 0.15) is 5.75 Å². The van der Waals surface area contributed by atoms with Crippen LogP contribution in [-0.4, -0.2) is 24.3 Å². The Bertz CT molecular complexity index is 1730. The fourth-order valence-corrected chi connectivity index (χ4v) is 7.54. The summed E-state index contributed by atoms with van der Waals surface area (Å²) in [6.45, 7) is 1.98. The van der Waals surface area contributed by atoms with E-state index in [0.717, 1.165) is 23.8 Å². The SMILES string of the molecule is CCOC(=O)C1=C(c2ccccc2)N=c2s/c(=C\c3cc(I)cc(I)c3OC)c(=O)n2[C@@H]1c1ccccc1. The maximum absolute atomic E-state index is 14.0. The van der Waals surface area contributed by atoms with Crippen LogP contribution in [0.5, 0.6) is 5.75 Å². The van der Waals surface area contributed by atoms with Crippen LogP contribution in [0.4, 0.5) is 0 Å². The van der Waals surface area contributed by atoms with Crippen LogP contribution < -0.4 is 19.6 Å². The van der Waals surface area contributed by atoms with Gasteiger partial charge in [-0.3, -0.25) is 9.36 Å². The number of carbonyl (C=O) groups excluding carboxylic acids is 1. The lowest BCUT2D eigenvalue weighted by Crippen LogP contribution is -2.40. The summed E-state index contributed by atoms with van der Waals surface area (Å²) in [7, 11) is 1.62. The molecule has 38 heavy (non-hydrogen) atoms. The van der Waals surface area contributed by atoms with E-state index in [2.05, 4.69) is 45.2 Å². The van der Waals surface area contributed by atoms with Crippen molar-refractivity contribution in [3.05, 3.63) is 122 Å². The van der Waals surface area contributed by atoms with Crippen LogP contribution >= 0.6 is 56.5 Å². The van der Waals surface area contributed by atoms with Gasteiger partial charge < -0.3 is 9.47 Å². The molecule has 4 aromatic rings. The molecular formula is C29H22I2N2O4S. The summed E-state index contributed by atoms with van der Waals surface area (Å²) in [6.07, 6.45) is 1.84. The number of halogens is 2. The summed E-state index contributed by atoms with van der Waals surface area (Å²) in [4.78, 5) is 32.9. The number of aromatic nitrogens is 1. The van der Waals surface area contributed by atoms with Gasteiger partial charge in [0.15, 0.2) is 4.80 Å². The molecule has 0 saturated carbocycles. The summed E-state index contributed by atoms with van der Waals surface area (Å²) >= 11 is 5.78. The van der Waals surface area contributed by atoms with Crippen molar-refractivity contribution in [2.45, 2.75) is 13.0 Å². The molecule has 1 aromatic heterocycles. The molecule has 0 saturated heterocycles. The van der Waals surface area contributed by atoms with E-state index >= 15 is 0 Å². The second-order valence-electron chi connectivity index (χ2n) is 8.35. The van der Waals surface area contributed by atoms with Gasteiger partial charge in [0.05, 0.1) is 39.1 Å². The van der Waals surface area contributed by atoms with Crippen molar-refractivity contribution in [3.8, 4) is 5.75 Å². The highest BCUT2D eigenvalue weighted by Gasteiger charge is 2.35. The van der Waals surface area contributed by atoms with Crippen molar-refractivity contribution in [1.82, 2.24) is 4.57 Å². The molecule has 0 unspecified atom stereocenters. The highest BCUT2D eigenvalue weighted by Crippen LogP contribution is 2.35. The van der Waals surface area contributed by atoms with Gasteiger partial charge in [-0.2, -0.15) is 0 Å². The average Bonchev–Trinajstić information content (AvgIpc) is 3.23. The molecule has 192 valence electrons. The van der Waals surface area contributed by atoms with Gasteiger partial charge in [0, 0.05) is 14.7 Å². The zero-order valence-electron chi connectivity index (χ0n) is 20.5. The van der Waals surface area contributed by atoms with Gasteiger partial charge >= 0.3 is 5.97 Å². The van der Waals surface area contributed by atoms with Crippen LogP contribution in [0.15, 0.2) is 88.2 Å². The van der Waals surface area contributed by atoms with E-state index in [4.69, 9.17) is 14.5 Å². The van der Waals surface area contributed by atoms with Gasteiger partial charge in [0.25, 0.3) is 5.56 Å². The Labute approximate surface area is 250 Å². The number of thiazole rings is 1. The van der Waals surface area contributed by atoms with Crippen molar-refractivity contribution in [2.75, 3.05) is 13.7 Å². The lowest BCUT2D eigenvalue weighted by atomic mass is 9.93. The molecule has 6 nitrogen and oxygen atoms in total. The summed E-state index contributed by atoms with van der Waals surface area (Å²) in [5.74, 6) is 0.209. The van der Waals surface area contributed by atoms with Gasteiger partial charge in [-0.1, -0.05) is 72.0 Å². The molecule has 0 amide bonds. The maximum Gasteiger partial charge on any atom is 0.338 e. The molecule has 0 aliphatic carbocycles. The summed E-state index contributed by atoms with van der Waals surface area (Å²) in [5.41, 5.74) is 3.00. The van der Waals surface area contributed by atoms with Crippen molar-refractivity contribution in [3.63, 3.8) is 0 Å². The number of benzene rings is 3. The number of carbonyl (C=O) groups is 1. The molecule has 0 radical (unpaired) electrons. The number of hydrogen-bond donors (Lipinski definition) is 0. The van der Waals surface area contributed by atoms with E-state index in [0.29, 0.717) is 26.4 Å². The third kappa shape index (κ3) is 5.10. The van der Waals surface area contributed by atoms with Crippen LogP contribution in [0.25, 0.3) is 11.8 Å². The molecule has 0 spiro atoms. The first-order valence-electron chi connectivity index (χ1n) is 11.8. The number of methoxy groups -OCH3 is 1. The molecule has 2 heterocycles. The molecule has 1 atom stereocenters. The van der Waals surface area contributed by atoms with E-state index in [1.54, 1.807) is 18.6 Å². The monoisotopic (exact) mass is 748 g/mol. The first-order chi connectivity index (χ1) is 18.4. The fourth-order valence-electron chi connectivity index (χ4n) is 4.44. The Hall–Kier alpha value is -2.77. The smallest absolute Gasteiger partial charge is 0.338 e. The molecule has 1 aliphatic heterocycles. The number of ether oxygens (including phenoxy) is 2. The topological polar surface area (TPSA) is 69.9 Å². The number of esters is 1. The predicted molar refractivity (Wildman–Crippen MR) is 166 cm³/mol. The molecule has 5 rings (SSSR count). The lowest BCUT2D eigenvalue weighted by molar-refractivity contribution is -0.138. The van der Waals surface area contributed by atoms with E-state index in [9.17, 15) is 9.59 Å². The van der Waals surface area contributed by atoms with Crippen molar-refractivity contribution < 1.29 is 14.3 Å². The number of hydrogen-bond acceptors (Lipinski definition) is 6. The van der Waals surface area contributed by atoms with Crippen LogP contribution in [-0.2, 0) is 9.53 Å². The standard InChI is InChI=1S/C29H22I2N2O4S/c1-3-37-28(35)23-24(17-10-6-4-7-11-17)32-29-33(25(23)18-12-8-5-9-13-18)27(34)22(38-29)15-19-14-20(30)16-21(31)26(19)36-2/h4-16,25H,3H2,1-2H3/b22-15-/t25-/m1/s1.